The Balaban J connectivity index is 2.60. The summed E-state index contributed by atoms with van der Waals surface area (Å²) in [6.45, 7) is 5.63. The Morgan fingerprint density at radius 1 is 1.29 bits per heavy atom. The van der Waals surface area contributed by atoms with Gasteiger partial charge in [-0.3, -0.25) is 4.79 Å². The summed E-state index contributed by atoms with van der Waals surface area (Å²) in [7, 11) is 1.66. The van der Waals surface area contributed by atoms with Gasteiger partial charge in [0.2, 0.25) is 0 Å². The molecule has 0 saturated heterocycles. The zero-order valence-electron chi connectivity index (χ0n) is 13.2. The molecule has 1 aliphatic rings. The van der Waals surface area contributed by atoms with Crippen LogP contribution < -0.4 is 4.74 Å². The third-order valence-corrected chi connectivity index (χ3v) is 5.35. The molecule has 0 bridgehead atoms. The zero-order chi connectivity index (χ0) is 15.8. The third kappa shape index (κ3) is 2.96. The number of hydrogen-bond acceptors (Lipinski definition) is 2. The number of aliphatic carboxylic acids is 1. The fraction of sp³-hybridized carbons (Fsp3) is 0.588. The minimum absolute atomic E-state index is 0.475. The smallest absolute Gasteiger partial charge is 0.309 e. The van der Waals surface area contributed by atoms with Gasteiger partial charge in [0.05, 0.1) is 17.0 Å². The van der Waals surface area contributed by atoms with E-state index in [0.29, 0.717) is 6.42 Å². The van der Waals surface area contributed by atoms with Crippen molar-refractivity contribution in [3.63, 3.8) is 0 Å². The molecule has 1 aliphatic carbocycles. The topological polar surface area (TPSA) is 46.5 Å². The molecule has 0 aromatic heterocycles. The Labute approximate surface area is 134 Å². The summed E-state index contributed by atoms with van der Waals surface area (Å²) < 4.78 is 6.62. The van der Waals surface area contributed by atoms with Gasteiger partial charge < -0.3 is 9.84 Å². The van der Waals surface area contributed by atoms with Crippen molar-refractivity contribution in [2.75, 3.05) is 7.11 Å². The van der Waals surface area contributed by atoms with Crippen LogP contribution in [0.4, 0.5) is 0 Å². The number of methoxy groups -OCH3 is 1. The maximum atomic E-state index is 11.5. The van der Waals surface area contributed by atoms with Gasteiger partial charge in [-0.25, -0.2) is 0 Å². The standard InChI is InChI=1S/C17H23BrO3/c1-10-11-7-5-6-8-12(11)14(18)15(21-4)13(10)9-17(2,3)16(19)20/h5-9H2,1-4H3,(H,19,20). The fourth-order valence-corrected chi connectivity index (χ4v) is 3.97. The largest absolute Gasteiger partial charge is 0.495 e. The Hall–Kier alpha value is -1.03. The summed E-state index contributed by atoms with van der Waals surface area (Å²) in [6, 6.07) is 0. The molecule has 0 atom stereocenters. The van der Waals surface area contributed by atoms with Gasteiger partial charge >= 0.3 is 5.97 Å². The van der Waals surface area contributed by atoms with Crippen LogP contribution in [0.2, 0.25) is 0 Å². The molecule has 3 nitrogen and oxygen atoms in total. The van der Waals surface area contributed by atoms with E-state index in [1.165, 1.54) is 29.5 Å². The quantitative estimate of drug-likeness (QED) is 0.876. The molecule has 0 spiro atoms. The summed E-state index contributed by atoms with van der Waals surface area (Å²) in [4.78, 5) is 11.5. The van der Waals surface area contributed by atoms with Crippen molar-refractivity contribution in [1.29, 1.82) is 0 Å². The van der Waals surface area contributed by atoms with Gasteiger partial charge in [-0.2, -0.15) is 0 Å². The number of carboxylic acids is 1. The van der Waals surface area contributed by atoms with Gasteiger partial charge in [0.1, 0.15) is 5.75 Å². The first kappa shape index (κ1) is 16.3. The van der Waals surface area contributed by atoms with Gasteiger partial charge in [-0.1, -0.05) is 0 Å². The number of carbonyl (C=O) groups is 1. The van der Waals surface area contributed by atoms with Gasteiger partial charge in [0, 0.05) is 0 Å². The number of hydrogen-bond donors (Lipinski definition) is 1. The predicted molar refractivity (Wildman–Crippen MR) is 87.2 cm³/mol. The van der Waals surface area contributed by atoms with Crippen molar-refractivity contribution in [3.8, 4) is 5.75 Å². The van der Waals surface area contributed by atoms with Crippen LogP contribution in [0, 0.1) is 12.3 Å². The van der Waals surface area contributed by atoms with Crippen LogP contribution in [0.5, 0.6) is 5.75 Å². The molecule has 0 fully saturated rings. The lowest BCUT2D eigenvalue weighted by atomic mass is 9.80. The van der Waals surface area contributed by atoms with E-state index < -0.39 is 11.4 Å². The van der Waals surface area contributed by atoms with Crippen molar-refractivity contribution < 1.29 is 14.6 Å². The Kier molecular flexibility index (Phi) is 4.66. The summed E-state index contributed by atoms with van der Waals surface area (Å²) in [5.74, 6) is 0.0280. The number of rotatable bonds is 4. The SMILES string of the molecule is COc1c(Br)c2c(c(C)c1CC(C)(C)C(=O)O)CCCC2. The van der Waals surface area contributed by atoms with Crippen LogP contribution in [-0.4, -0.2) is 18.2 Å². The second kappa shape index (κ2) is 5.99. The Morgan fingerprint density at radius 3 is 2.38 bits per heavy atom. The first-order valence-corrected chi connectivity index (χ1v) is 8.19. The Bertz CT molecular complexity index is 576. The molecule has 0 amide bonds. The van der Waals surface area contributed by atoms with E-state index in [0.717, 1.165) is 28.6 Å². The van der Waals surface area contributed by atoms with Crippen LogP contribution in [0.3, 0.4) is 0 Å². The average molecular weight is 355 g/mol. The number of benzene rings is 1. The van der Waals surface area contributed by atoms with Crippen molar-refractivity contribution >= 4 is 21.9 Å². The molecule has 0 aliphatic heterocycles. The van der Waals surface area contributed by atoms with E-state index in [2.05, 4.69) is 22.9 Å². The molecule has 4 heteroatoms. The van der Waals surface area contributed by atoms with Crippen molar-refractivity contribution in [3.05, 3.63) is 26.7 Å². The Morgan fingerprint density at radius 2 is 1.86 bits per heavy atom. The van der Waals surface area contributed by atoms with Crippen LogP contribution in [0.15, 0.2) is 4.47 Å². The molecule has 116 valence electrons. The van der Waals surface area contributed by atoms with Gasteiger partial charge in [0.25, 0.3) is 0 Å². The molecule has 1 aromatic rings. The van der Waals surface area contributed by atoms with E-state index in [1.807, 2.05) is 0 Å². The number of carboxylic acid groups (broad SMARTS) is 1. The van der Waals surface area contributed by atoms with Crippen molar-refractivity contribution in [1.82, 2.24) is 0 Å². The van der Waals surface area contributed by atoms with Crippen LogP contribution >= 0.6 is 15.9 Å². The lowest BCUT2D eigenvalue weighted by Crippen LogP contribution is -2.27. The minimum atomic E-state index is -0.805. The first-order chi connectivity index (χ1) is 9.79. The lowest BCUT2D eigenvalue weighted by Gasteiger charge is -2.28. The number of fused-ring (bicyclic) bond motifs is 1. The van der Waals surface area contributed by atoms with Gasteiger partial charge in [-0.05, 0) is 91.1 Å². The fourth-order valence-electron chi connectivity index (χ4n) is 3.13. The second-order valence-corrected chi connectivity index (χ2v) is 7.27. The maximum Gasteiger partial charge on any atom is 0.309 e. The second-order valence-electron chi connectivity index (χ2n) is 6.48. The van der Waals surface area contributed by atoms with Crippen molar-refractivity contribution in [2.24, 2.45) is 5.41 Å². The molecule has 0 radical (unpaired) electrons. The lowest BCUT2D eigenvalue weighted by molar-refractivity contribution is -0.146. The monoisotopic (exact) mass is 354 g/mol. The summed E-state index contributed by atoms with van der Waals surface area (Å²) in [5, 5.41) is 9.41. The molecular weight excluding hydrogens is 332 g/mol. The van der Waals surface area contributed by atoms with E-state index in [1.54, 1.807) is 21.0 Å². The predicted octanol–water partition coefficient (Wildman–Crippen LogP) is 4.30. The maximum absolute atomic E-state index is 11.5. The molecular formula is C17H23BrO3. The highest BCUT2D eigenvalue weighted by Gasteiger charge is 2.32. The highest BCUT2D eigenvalue weighted by molar-refractivity contribution is 9.10. The zero-order valence-corrected chi connectivity index (χ0v) is 14.8. The average Bonchev–Trinajstić information content (AvgIpc) is 2.44. The van der Waals surface area contributed by atoms with E-state index in [4.69, 9.17) is 4.74 Å². The molecule has 1 aromatic carbocycles. The normalized spacial score (nSPS) is 14.7. The summed E-state index contributed by atoms with van der Waals surface area (Å²) in [6.07, 6.45) is 5.02. The third-order valence-electron chi connectivity index (χ3n) is 4.51. The molecule has 0 heterocycles. The van der Waals surface area contributed by atoms with E-state index in [-0.39, 0.29) is 0 Å². The highest BCUT2D eigenvalue weighted by atomic mass is 79.9. The highest BCUT2D eigenvalue weighted by Crippen LogP contribution is 2.43. The van der Waals surface area contributed by atoms with Crippen LogP contribution in [0.25, 0.3) is 0 Å². The molecule has 2 rings (SSSR count). The van der Waals surface area contributed by atoms with E-state index >= 15 is 0 Å². The molecule has 0 unspecified atom stereocenters. The molecule has 21 heavy (non-hydrogen) atoms. The van der Waals surface area contributed by atoms with Gasteiger partial charge in [0.15, 0.2) is 0 Å². The minimum Gasteiger partial charge on any atom is -0.495 e. The number of ether oxygens (including phenoxy) is 1. The first-order valence-electron chi connectivity index (χ1n) is 7.39. The van der Waals surface area contributed by atoms with Crippen LogP contribution in [0.1, 0.15) is 48.9 Å². The molecule has 0 saturated carbocycles. The number of halogens is 1. The molecule has 1 N–H and O–H groups in total. The van der Waals surface area contributed by atoms with Crippen molar-refractivity contribution in [2.45, 2.75) is 52.9 Å². The summed E-state index contributed by atoms with van der Waals surface area (Å²) in [5.41, 5.74) is 4.15. The summed E-state index contributed by atoms with van der Waals surface area (Å²) >= 11 is 3.68. The van der Waals surface area contributed by atoms with Gasteiger partial charge in [-0.15, -0.1) is 0 Å². The van der Waals surface area contributed by atoms with E-state index in [9.17, 15) is 9.90 Å². The van der Waals surface area contributed by atoms with Crippen LogP contribution in [-0.2, 0) is 24.1 Å².